The SMILES string of the molecule is CC/C=C\C/C=C\C/C=C\C/C=C\C/C=C\C/C=C\CCC(=O)O[C@H](COC(=O)CCC/C=C\C/C=C\C/C=C\C/C=C\CCCCC)COC(=O)CCCCCCCCCCCCCCCCCCC. The molecule has 0 N–H and O–H groups in total. The monoisotopic (exact) mass is 983 g/mol. The van der Waals surface area contributed by atoms with Crippen molar-refractivity contribution in [1.82, 2.24) is 0 Å². The second-order valence-corrected chi connectivity index (χ2v) is 18.8. The molecule has 0 unspecified atom stereocenters. The van der Waals surface area contributed by atoms with E-state index in [1.807, 2.05) is 12.2 Å². The van der Waals surface area contributed by atoms with E-state index in [9.17, 15) is 14.4 Å². The summed E-state index contributed by atoms with van der Waals surface area (Å²) in [5.41, 5.74) is 0. The molecule has 0 rings (SSSR count). The molecular formula is C65H106O6. The second-order valence-electron chi connectivity index (χ2n) is 18.8. The van der Waals surface area contributed by atoms with Crippen molar-refractivity contribution in [2.75, 3.05) is 13.2 Å². The van der Waals surface area contributed by atoms with Crippen molar-refractivity contribution < 1.29 is 28.6 Å². The number of ether oxygens (including phenoxy) is 3. The smallest absolute Gasteiger partial charge is 0.306 e. The van der Waals surface area contributed by atoms with Crippen molar-refractivity contribution in [3.8, 4) is 0 Å². The van der Waals surface area contributed by atoms with Gasteiger partial charge in [-0.3, -0.25) is 14.4 Å². The van der Waals surface area contributed by atoms with E-state index in [1.165, 1.54) is 116 Å². The molecule has 0 aliphatic carbocycles. The lowest BCUT2D eigenvalue weighted by Crippen LogP contribution is -2.30. The Morgan fingerprint density at radius 3 is 0.972 bits per heavy atom. The Labute approximate surface area is 437 Å². The van der Waals surface area contributed by atoms with E-state index < -0.39 is 12.1 Å². The fraction of sp³-hybridized carbons (Fsp3) is 0.646. The maximum atomic E-state index is 12.8. The van der Waals surface area contributed by atoms with Gasteiger partial charge >= 0.3 is 17.9 Å². The summed E-state index contributed by atoms with van der Waals surface area (Å²) in [6.45, 7) is 6.40. The molecule has 0 saturated heterocycles. The normalized spacial score (nSPS) is 13.0. The van der Waals surface area contributed by atoms with E-state index in [4.69, 9.17) is 14.2 Å². The molecule has 0 amide bonds. The number of carbonyl (C=O) groups excluding carboxylic acids is 3. The first-order valence-electron chi connectivity index (χ1n) is 29.0. The van der Waals surface area contributed by atoms with Crippen LogP contribution in [-0.4, -0.2) is 37.2 Å². The van der Waals surface area contributed by atoms with E-state index in [2.05, 4.69) is 130 Å². The minimum absolute atomic E-state index is 0.126. The summed E-state index contributed by atoms with van der Waals surface area (Å²) in [5, 5.41) is 0. The Kier molecular flexibility index (Phi) is 54.9. The Morgan fingerprint density at radius 2 is 0.592 bits per heavy atom. The lowest BCUT2D eigenvalue weighted by molar-refractivity contribution is -0.166. The fourth-order valence-corrected chi connectivity index (χ4v) is 7.64. The first-order chi connectivity index (χ1) is 35.0. The molecule has 1 atom stereocenters. The van der Waals surface area contributed by atoms with Gasteiger partial charge < -0.3 is 14.2 Å². The third kappa shape index (κ3) is 56.6. The summed E-state index contributed by atoms with van der Waals surface area (Å²) >= 11 is 0. The fourth-order valence-electron chi connectivity index (χ4n) is 7.64. The predicted molar refractivity (Wildman–Crippen MR) is 306 cm³/mol. The third-order valence-corrected chi connectivity index (χ3v) is 12.0. The number of hydrogen-bond donors (Lipinski definition) is 0. The van der Waals surface area contributed by atoms with Crippen LogP contribution in [0.25, 0.3) is 0 Å². The summed E-state index contributed by atoms with van der Waals surface area (Å²) < 4.78 is 16.7. The zero-order valence-electron chi connectivity index (χ0n) is 45.9. The molecule has 71 heavy (non-hydrogen) atoms. The number of allylic oxidation sites excluding steroid dienone is 20. The van der Waals surface area contributed by atoms with Crippen LogP contribution in [-0.2, 0) is 28.6 Å². The Hall–Kier alpha value is -4.19. The van der Waals surface area contributed by atoms with Crippen LogP contribution in [0, 0.1) is 0 Å². The molecule has 402 valence electrons. The summed E-state index contributed by atoms with van der Waals surface area (Å²) in [6.07, 6.45) is 80.6. The second kappa shape index (κ2) is 58.4. The zero-order valence-corrected chi connectivity index (χ0v) is 45.9. The standard InChI is InChI=1S/C65H106O6/c1-4-7-10-13-16-19-22-25-28-31-32-35-38-41-44-47-50-53-56-59-65(68)71-62(60-69-63(66)57-54-51-48-45-42-39-36-33-29-26-23-20-17-14-11-8-5-2)61-70-64(67)58-55-52-49-46-43-40-37-34-30-27-24-21-18-15-12-9-6-3/h7,10,16-17,19-20,25-26,28-29,32,35-36,39,41,44-45,48,50,53,62H,4-6,8-9,11-15,18,21-24,27,30-31,33-34,37-38,40,42-43,46-47,49,51-52,54-61H2,1-3H3/b10-7-,19-16-,20-17-,28-25-,29-26-,35-32-,39-36-,44-41-,48-45-,53-50-/t62-/m1/s1. The van der Waals surface area contributed by atoms with E-state index >= 15 is 0 Å². The maximum absolute atomic E-state index is 12.8. The van der Waals surface area contributed by atoms with Crippen LogP contribution in [0.1, 0.15) is 252 Å². The number of hydrogen-bond acceptors (Lipinski definition) is 6. The first kappa shape index (κ1) is 66.8. The average molecular weight is 984 g/mol. The number of esters is 3. The van der Waals surface area contributed by atoms with Crippen LogP contribution in [0.15, 0.2) is 122 Å². The molecule has 0 bridgehead atoms. The van der Waals surface area contributed by atoms with Gasteiger partial charge in [-0.2, -0.15) is 0 Å². The number of rotatable bonds is 51. The van der Waals surface area contributed by atoms with Gasteiger partial charge in [0, 0.05) is 19.3 Å². The van der Waals surface area contributed by atoms with Crippen molar-refractivity contribution >= 4 is 17.9 Å². The van der Waals surface area contributed by atoms with Gasteiger partial charge in [0.15, 0.2) is 6.10 Å². The highest BCUT2D eigenvalue weighted by atomic mass is 16.6. The van der Waals surface area contributed by atoms with Crippen molar-refractivity contribution in [2.24, 2.45) is 0 Å². The summed E-state index contributed by atoms with van der Waals surface area (Å²) in [5.74, 6) is -1.07. The Morgan fingerprint density at radius 1 is 0.296 bits per heavy atom. The van der Waals surface area contributed by atoms with Crippen LogP contribution in [0.4, 0.5) is 0 Å². The molecule has 0 aliphatic heterocycles. The Bertz CT molecular complexity index is 1500. The molecule has 0 heterocycles. The first-order valence-corrected chi connectivity index (χ1v) is 29.0. The van der Waals surface area contributed by atoms with Crippen LogP contribution in [0.2, 0.25) is 0 Å². The van der Waals surface area contributed by atoms with Crippen LogP contribution in [0.5, 0.6) is 0 Å². The molecule has 0 radical (unpaired) electrons. The van der Waals surface area contributed by atoms with E-state index in [-0.39, 0.29) is 38.0 Å². The van der Waals surface area contributed by atoms with Crippen molar-refractivity contribution in [2.45, 2.75) is 258 Å². The van der Waals surface area contributed by atoms with Gasteiger partial charge in [-0.15, -0.1) is 0 Å². The van der Waals surface area contributed by atoms with Gasteiger partial charge in [0.2, 0.25) is 0 Å². The highest BCUT2D eigenvalue weighted by molar-refractivity contribution is 5.71. The van der Waals surface area contributed by atoms with Crippen LogP contribution >= 0.6 is 0 Å². The van der Waals surface area contributed by atoms with Gasteiger partial charge in [-0.1, -0.05) is 258 Å². The number of unbranched alkanes of at least 4 members (excludes halogenated alkanes) is 20. The largest absolute Gasteiger partial charge is 0.462 e. The van der Waals surface area contributed by atoms with Gasteiger partial charge in [-0.25, -0.2) is 0 Å². The van der Waals surface area contributed by atoms with Crippen molar-refractivity contribution in [1.29, 1.82) is 0 Å². The topological polar surface area (TPSA) is 78.9 Å². The average Bonchev–Trinajstić information content (AvgIpc) is 3.37. The summed E-state index contributed by atoms with van der Waals surface area (Å²) in [4.78, 5) is 38.1. The molecule has 6 nitrogen and oxygen atoms in total. The van der Waals surface area contributed by atoms with Gasteiger partial charge in [-0.05, 0) is 96.3 Å². The molecule has 0 aromatic rings. The molecule has 0 fully saturated rings. The van der Waals surface area contributed by atoms with E-state index in [1.54, 1.807) is 0 Å². The van der Waals surface area contributed by atoms with Crippen molar-refractivity contribution in [3.63, 3.8) is 0 Å². The molecule has 0 saturated carbocycles. The van der Waals surface area contributed by atoms with Crippen molar-refractivity contribution in [3.05, 3.63) is 122 Å². The maximum Gasteiger partial charge on any atom is 0.306 e. The highest BCUT2D eigenvalue weighted by Crippen LogP contribution is 2.15. The summed E-state index contributed by atoms with van der Waals surface area (Å²) in [6, 6.07) is 0. The molecule has 0 aliphatic rings. The molecule has 0 aromatic heterocycles. The van der Waals surface area contributed by atoms with E-state index in [0.29, 0.717) is 19.3 Å². The molecule has 6 heteroatoms. The van der Waals surface area contributed by atoms with Crippen LogP contribution < -0.4 is 0 Å². The van der Waals surface area contributed by atoms with Gasteiger partial charge in [0.05, 0.1) is 0 Å². The summed E-state index contributed by atoms with van der Waals surface area (Å²) in [7, 11) is 0. The molecule has 0 spiro atoms. The minimum Gasteiger partial charge on any atom is -0.462 e. The van der Waals surface area contributed by atoms with Gasteiger partial charge in [0.25, 0.3) is 0 Å². The number of carbonyl (C=O) groups is 3. The minimum atomic E-state index is -0.843. The predicted octanol–water partition coefficient (Wildman–Crippen LogP) is 19.6. The lowest BCUT2D eigenvalue weighted by atomic mass is 10.0. The molecule has 0 aromatic carbocycles. The lowest BCUT2D eigenvalue weighted by Gasteiger charge is -2.18. The highest BCUT2D eigenvalue weighted by Gasteiger charge is 2.19. The van der Waals surface area contributed by atoms with Gasteiger partial charge in [0.1, 0.15) is 13.2 Å². The quantitative estimate of drug-likeness (QED) is 0.0261. The Balaban J connectivity index is 4.59. The molecular weight excluding hydrogens is 877 g/mol. The van der Waals surface area contributed by atoms with E-state index in [0.717, 1.165) is 83.5 Å². The zero-order chi connectivity index (χ0) is 51.4. The van der Waals surface area contributed by atoms with Crippen LogP contribution in [0.3, 0.4) is 0 Å². The third-order valence-electron chi connectivity index (χ3n) is 12.0.